The van der Waals surface area contributed by atoms with Gasteiger partial charge in [0.25, 0.3) is 0 Å². The van der Waals surface area contributed by atoms with Gasteiger partial charge in [-0.05, 0) is 44.0 Å². The second-order valence-corrected chi connectivity index (χ2v) is 5.44. The van der Waals surface area contributed by atoms with Crippen molar-refractivity contribution in [2.75, 3.05) is 31.1 Å². The standard InChI is InChI=1S/C15H22N4/c1-11-5-6-13-14(12(11)2)18(3)15(17-13)19-9-4-7-16-8-10-19/h5-6,16H,4,7-10H2,1-3H3. The Morgan fingerprint density at radius 3 is 2.84 bits per heavy atom. The van der Waals surface area contributed by atoms with E-state index in [0.29, 0.717) is 0 Å². The predicted octanol–water partition coefficient (Wildman–Crippen LogP) is 1.99. The monoisotopic (exact) mass is 258 g/mol. The number of hydrogen-bond donors (Lipinski definition) is 1. The van der Waals surface area contributed by atoms with Gasteiger partial charge in [-0.2, -0.15) is 0 Å². The molecular weight excluding hydrogens is 236 g/mol. The summed E-state index contributed by atoms with van der Waals surface area (Å²) in [5.74, 6) is 1.10. The van der Waals surface area contributed by atoms with Crippen molar-refractivity contribution in [3.8, 4) is 0 Å². The number of benzene rings is 1. The molecule has 2 heterocycles. The SMILES string of the molecule is Cc1ccc2nc(N3CCCNCC3)n(C)c2c1C. The van der Waals surface area contributed by atoms with Crippen LogP contribution in [0.1, 0.15) is 17.5 Å². The molecule has 0 atom stereocenters. The summed E-state index contributed by atoms with van der Waals surface area (Å²) in [5.41, 5.74) is 5.05. The van der Waals surface area contributed by atoms with Crippen LogP contribution in [0.5, 0.6) is 0 Å². The zero-order chi connectivity index (χ0) is 13.4. The van der Waals surface area contributed by atoms with Crippen LogP contribution in [0.4, 0.5) is 5.95 Å². The maximum Gasteiger partial charge on any atom is 0.206 e. The van der Waals surface area contributed by atoms with E-state index in [2.05, 4.69) is 47.8 Å². The molecule has 19 heavy (non-hydrogen) atoms. The average Bonchev–Trinajstić information content (AvgIpc) is 2.60. The zero-order valence-corrected chi connectivity index (χ0v) is 12.0. The van der Waals surface area contributed by atoms with Gasteiger partial charge in [0.15, 0.2) is 0 Å². The topological polar surface area (TPSA) is 33.1 Å². The van der Waals surface area contributed by atoms with E-state index >= 15 is 0 Å². The highest BCUT2D eigenvalue weighted by atomic mass is 15.3. The molecule has 0 spiro atoms. The summed E-state index contributed by atoms with van der Waals surface area (Å²) >= 11 is 0. The summed E-state index contributed by atoms with van der Waals surface area (Å²) in [4.78, 5) is 7.24. The molecule has 0 aliphatic carbocycles. The third kappa shape index (κ3) is 2.10. The van der Waals surface area contributed by atoms with E-state index in [1.165, 1.54) is 23.1 Å². The highest BCUT2D eigenvalue weighted by molar-refractivity contribution is 5.83. The molecule has 3 rings (SSSR count). The molecule has 102 valence electrons. The van der Waals surface area contributed by atoms with Crippen LogP contribution in [-0.2, 0) is 7.05 Å². The summed E-state index contributed by atoms with van der Waals surface area (Å²) in [5, 5.41) is 3.44. The van der Waals surface area contributed by atoms with E-state index < -0.39 is 0 Å². The molecule has 0 amide bonds. The fraction of sp³-hybridized carbons (Fsp3) is 0.533. The summed E-state index contributed by atoms with van der Waals surface area (Å²) in [6, 6.07) is 4.30. The van der Waals surface area contributed by atoms with Crippen LogP contribution in [0.3, 0.4) is 0 Å². The fourth-order valence-electron chi connectivity index (χ4n) is 2.91. The first-order valence-electron chi connectivity index (χ1n) is 7.07. The minimum Gasteiger partial charge on any atom is -0.341 e. The van der Waals surface area contributed by atoms with E-state index in [1.54, 1.807) is 0 Å². The predicted molar refractivity (Wildman–Crippen MR) is 79.9 cm³/mol. The van der Waals surface area contributed by atoms with Crippen molar-refractivity contribution >= 4 is 17.0 Å². The van der Waals surface area contributed by atoms with Gasteiger partial charge in [-0.15, -0.1) is 0 Å². The Morgan fingerprint density at radius 1 is 1.16 bits per heavy atom. The lowest BCUT2D eigenvalue weighted by atomic mass is 10.1. The van der Waals surface area contributed by atoms with Crippen LogP contribution in [0.25, 0.3) is 11.0 Å². The second kappa shape index (κ2) is 4.85. The molecule has 1 aromatic carbocycles. The summed E-state index contributed by atoms with van der Waals surface area (Å²) in [6.45, 7) is 8.63. The van der Waals surface area contributed by atoms with Gasteiger partial charge in [-0.25, -0.2) is 4.98 Å². The molecule has 0 unspecified atom stereocenters. The van der Waals surface area contributed by atoms with Crippen molar-refractivity contribution in [3.05, 3.63) is 23.3 Å². The molecule has 1 aliphatic heterocycles. The van der Waals surface area contributed by atoms with Gasteiger partial charge in [0.05, 0.1) is 11.0 Å². The van der Waals surface area contributed by atoms with Crippen LogP contribution in [0.15, 0.2) is 12.1 Å². The van der Waals surface area contributed by atoms with Crippen LogP contribution >= 0.6 is 0 Å². The number of hydrogen-bond acceptors (Lipinski definition) is 3. The maximum atomic E-state index is 4.84. The van der Waals surface area contributed by atoms with Gasteiger partial charge >= 0.3 is 0 Å². The Kier molecular flexibility index (Phi) is 3.19. The minimum absolute atomic E-state index is 1.04. The molecular formula is C15H22N4. The fourth-order valence-corrected chi connectivity index (χ4v) is 2.91. The molecule has 1 fully saturated rings. The van der Waals surface area contributed by atoms with Crippen LogP contribution in [0, 0.1) is 13.8 Å². The largest absolute Gasteiger partial charge is 0.341 e. The Bertz CT molecular complexity index is 592. The van der Waals surface area contributed by atoms with E-state index in [1.807, 2.05) is 0 Å². The van der Waals surface area contributed by atoms with Crippen molar-refractivity contribution in [2.24, 2.45) is 7.05 Å². The van der Waals surface area contributed by atoms with Crippen LogP contribution < -0.4 is 10.2 Å². The highest BCUT2D eigenvalue weighted by Crippen LogP contribution is 2.26. The molecule has 4 nitrogen and oxygen atoms in total. The zero-order valence-electron chi connectivity index (χ0n) is 12.0. The molecule has 1 aliphatic rings. The lowest BCUT2D eigenvalue weighted by Crippen LogP contribution is -2.29. The smallest absolute Gasteiger partial charge is 0.206 e. The van der Waals surface area contributed by atoms with Crippen molar-refractivity contribution in [3.63, 3.8) is 0 Å². The third-order valence-corrected chi connectivity index (χ3v) is 4.16. The van der Waals surface area contributed by atoms with Gasteiger partial charge in [-0.3, -0.25) is 0 Å². The first kappa shape index (κ1) is 12.5. The number of nitrogens with one attached hydrogen (secondary N) is 1. The number of imidazole rings is 1. The first-order chi connectivity index (χ1) is 9.18. The van der Waals surface area contributed by atoms with Gasteiger partial charge in [0, 0.05) is 26.7 Å². The van der Waals surface area contributed by atoms with Crippen molar-refractivity contribution in [1.82, 2.24) is 14.9 Å². The van der Waals surface area contributed by atoms with Gasteiger partial charge in [0.1, 0.15) is 0 Å². The van der Waals surface area contributed by atoms with Gasteiger partial charge in [-0.1, -0.05) is 6.07 Å². The molecule has 1 saturated heterocycles. The lowest BCUT2D eigenvalue weighted by Gasteiger charge is -2.21. The minimum atomic E-state index is 1.04. The van der Waals surface area contributed by atoms with Gasteiger partial charge in [0.2, 0.25) is 5.95 Å². The van der Waals surface area contributed by atoms with Crippen molar-refractivity contribution < 1.29 is 0 Å². The van der Waals surface area contributed by atoms with E-state index in [9.17, 15) is 0 Å². The van der Waals surface area contributed by atoms with Crippen molar-refractivity contribution in [2.45, 2.75) is 20.3 Å². The van der Waals surface area contributed by atoms with E-state index in [4.69, 9.17) is 4.98 Å². The van der Waals surface area contributed by atoms with E-state index in [-0.39, 0.29) is 0 Å². The Labute approximate surface area is 114 Å². The number of anilines is 1. The summed E-state index contributed by atoms with van der Waals surface area (Å²) < 4.78 is 2.25. The van der Waals surface area contributed by atoms with Crippen LogP contribution in [-0.4, -0.2) is 35.7 Å². The quantitative estimate of drug-likeness (QED) is 0.849. The van der Waals surface area contributed by atoms with E-state index in [0.717, 1.165) is 37.6 Å². The number of aromatic nitrogens is 2. The number of aryl methyl sites for hydroxylation is 3. The second-order valence-electron chi connectivity index (χ2n) is 5.44. The molecule has 0 radical (unpaired) electrons. The molecule has 1 aromatic heterocycles. The first-order valence-corrected chi connectivity index (χ1v) is 7.07. The maximum absolute atomic E-state index is 4.84. The summed E-state index contributed by atoms with van der Waals surface area (Å²) in [6.07, 6.45) is 1.18. The molecule has 0 saturated carbocycles. The normalized spacial score (nSPS) is 16.9. The third-order valence-electron chi connectivity index (χ3n) is 4.16. The molecule has 4 heteroatoms. The molecule has 0 bridgehead atoms. The Hall–Kier alpha value is -1.55. The average molecular weight is 258 g/mol. The Balaban J connectivity index is 2.09. The molecule has 2 aromatic rings. The number of nitrogens with zero attached hydrogens (tertiary/aromatic N) is 3. The van der Waals surface area contributed by atoms with Crippen molar-refractivity contribution in [1.29, 1.82) is 0 Å². The molecule has 1 N–H and O–H groups in total. The summed E-state index contributed by atoms with van der Waals surface area (Å²) in [7, 11) is 2.13. The Morgan fingerprint density at radius 2 is 2.00 bits per heavy atom. The highest BCUT2D eigenvalue weighted by Gasteiger charge is 2.17. The van der Waals surface area contributed by atoms with Crippen LogP contribution in [0.2, 0.25) is 0 Å². The van der Waals surface area contributed by atoms with Gasteiger partial charge < -0.3 is 14.8 Å². The number of fused-ring (bicyclic) bond motifs is 1. The lowest BCUT2D eigenvalue weighted by molar-refractivity contribution is 0.724. The number of rotatable bonds is 1.